The molecule has 6 nitrogen and oxygen atoms in total. The predicted molar refractivity (Wildman–Crippen MR) is 60.5 cm³/mol. The first-order valence-corrected chi connectivity index (χ1v) is 5.11. The minimum atomic E-state index is 0.560. The molecule has 2 aromatic rings. The number of imidazole rings is 1. The average Bonchev–Trinajstić information content (AvgIpc) is 2.77. The van der Waals surface area contributed by atoms with Crippen molar-refractivity contribution < 1.29 is 0 Å². The fourth-order valence-corrected chi connectivity index (χ4v) is 1.48. The molecule has 2 heterocycles. The maximum absolute atomic E-state index is 5.21. The molecular weight excluding hydrogens is 204 g/mol. The third-order valence-electron chi connectivity index (χ3n) is 2.30. The van der Waals surface area contributed by atoms with Gasteiger partial charge in [-0.1, -0.05) is 6.92 Å². The minimum absolute atomic E-state index is 0.560. The Labute approximate surface area is 93.5 Å². The monoisotopic (exact) mass is 218 g/mol. The zero-order chi connectivity index (χ0) is 11.4. The Morgan fingerprint density at radius 2 is 2.19 bits per heavy atom. The average molecular weight is 218 g/mol. The van der Waals surface area contributed by atoms with Gasteiger partial charge in [0, 0.05) is 18.8 Å². The number of hydrazine groups is 1. The van der Waals surface area contributed by atoms with E-state index in [-0.39, 0.29) is 0 Å². The summed E-state index contributed by atoms with van der Waals surface area (Å²) < 4.78 is 2.06. The highest BCUT2D eigenvalue weighted by molar-refractivity contribution is 5.28. The van der Waals surface area contributed by atoms with Crippen LogP contribution in [0.1, 0.15) is 18.4 Å². The molecule has 0 atom stereocenters. The molecule has 0 unspecified atom stereocenters. The van der Waals surface area contributed by atoms with Crippen LogP contribution in [0.15, 0.2) is 24.8 Å². The van der Waals surface area contributed by atoms with E-state index < -0.39 is 0 Å². The van der Waals surface area contributed by atoms with E-state index in [4.69, 9.17) is 5.84 Å². The van der Waals surface area contributed by atoms with E-state index in [1.165, 1.54) is 0 Å². The van der Waals surface area contributed by atoms with Crippen molar-refractivity contribution in [2.24, 2.45) is 5.84 Å². The van der Waals surface area contributed by atoms with Crippen LogP contribution in [0.5, 0.6) is 0 Å². The summed E-state index contributed by atoms with van der Waals surface area (Å²) in [5.41, 5.74) is 3.32. The summed E-state index contributed by atoms with van der Waals surface area (Å²) >= 11 is 0. The van der Waals surface area contributed by atoms with Crippen molar-refractivity contribution in [3.8, 4) is 0 Å². The number of aromatic nitrogens is 4. The Kier molecular flexibility index (Phi) is 3.11. The van der Waals surface area contributed by atoms with Crippen LogP contribution in [0.2, 0.25) is 0 Å². The van der Waals surface area contributed by atoms with Gasteiger partial charge in [0.1, 0.15) is 5.82 Å². The van der Waals surface area contributed by atoms with Crippen LogP contribution in [0.3, 0.4) is 0 Å². The van der Waals surface area contributed by atoms with Crippen LogP contribution in [0, 0.1) is 0 Å². The molecule has 0 aliphatic rings. The number of nitrogens with two attached hydrogens (primary N) is 1. The first kappa shape index (κ1) is 10.6. The van der Waals surface area contributed by atoms with E-state index in [2.05, 4.69) is 31.9 Å². The number of nitrogens with zero attached hydrogens (tertiary/aromatic N) is 4. The summed E-state index contributed by atoms with van der Waals surface area (Å²) in [5.74, 6) is 6.82. The topological polar surface area (TPSA) is 81.7 Å². The molecule has 0 spiro atoms. The van der Waals surface area contributed by atoms with Crippen molar-refractivity contribution in [2.45, 2.75) is 19.9 Å². The van der Waals surface area contributed by atoms with E-state index >= 15 is 0 Å². The van der Waals surface area contributed by atoms with Gasteiger partial charge >= 0.3 is 0 Å². The van der Waals surface area contributed by atoms with Crippen LogP contribution in [0.25, 0.3) is 0 Å². The lowest BCUT2D eigenvalue weighted by Crippen LogP contribution is -2.10. The van der Waals surface area contributed by atoms with Gasteiger partial charge in [0.15, 0.2) is 5.82 Å². The van der Waals surface area contributed by atoms with Crippen LogP contribution < -0.4 is 11.3 Å². The van der Waals surface area contributed by atoms with Gasteiger partial charge in [0.25, 0.3) is 0 Å². The summed E-state index contributed by atoms with van der Waals surface area (Å²) in [6, 6.07) is 0. The maximum atomic E-state index is 5.21. The first-order valence-electron chi connectivity index (χ1n) is 5.11. The molecule has 2 aromatic heterocycles. The Hall–Kier alpha value is -1.95. The fourth-order valence-electron chi connectivity index (χ4n) is 1.48. The van der Waals surface area contributed by atoms with Gasteiger partial charge in [-0.05, 0) is 0 Å². The second-order valence-corrected chi connectivity index (χ2v) is 3.36. The lowest BCUT2D eigenvalue weighted by atomic mass is 10.4. The van der Waals surface area contributed by atoms with Crippen LogP contribution in [0.4, 0.5) is 5.82 Å². The SMILES string of the molecule is CCc1nccn1Cc1cnc(NN)cn1. The molecule has 3 N–H and O–H groups in total. The quantitative estimate of drug-likeness (QED) is 0.579. The fraction of sp³-hybridized carbons (Fsp3) is 0.300. The molecule has 0 fully saturated rings. The van der Waals surface area contributed by atoms with Gasteiger partial charge in [-0.3, -0.25) is 4.98 Å². The second-order valence-electron chi connectivity index (χ2n) is 3.36. The van der Waals surface area contributed by atoms with Crippen molar-refractivity contribution in [3.05, 3.63) is 36.3 Å². The van der Waals surface area contributed by atoms with Gasteiger partial charge < -0.3 is 9.99 Å². The number of aryl methyl sites for hydroxylation is 1. The molecule has 0 aromatic carbocycles. The van der Waals surface area contributed by atoms with Crippen LogP contribution in [-0.2, 0) is 13.0 Å². The van der Waals surface area contributed by atoms with Gasteiger partial charge in [-0.2, -0.15) is 0 Å². The Balaban J connectivity index is 2.14. The molecule has 0 amide bonds. The smallest absolute Gasteiger partial charge is 0.158 e. The molecule has 16 heavy (non-hydrogen) atoms. The number of rotatable bonds is 4. The Morgan fingerprint density at radius 1 is 1.31 bits per heavy atom. The van der Waals surface area contributed by atoms with Crippen LogP contribution >= 0.6 is 0 Å². The van der Waals surface area contributed by atoms with Gasteiger partial charge in [-0.15, -0.1) is 0 Å². The number of nitrogen functional groups attached to an aromatic ring is 1. The third kappa shape index (κ3) is 2.17. The van der Waals surface area contributed by atoms with E-state index in [1.54, 1.807) is 18.6 Å². The molecular formula is C10H14N6. The van der Waals surface area contributed by atoms with Gasteiger partial charge in [0.05, 0.1) is 24.6 Å². The van der Waals surface area contributed by atoms with Crippen molar-refractivity contribution >= 4 is 5.82 Å². The zero-order valence-corrected chi connectivity index (χ0v) is 9.09. The third-order valence-corrected chi connectivity index (χ3v) is 2.30. The molecule has 0 saturated heterocycles. The number of hydrogen-bond donors (Lipinski definition) is 2. The lowest BCUT2D eigenvalue weighted by molar-refractivity contribution is 0.713. The largest absolute Gasteiger partial charge is 0.329 e. The zero-order valence-electron chi connectivity index (χ0n) is 9.09. The number of hydrogen-bond acceptors (Lipinski definition) is 5. The number of anilines is 1. The Morgan fingerprint density at radius 3 is 2.81 bits per heavy atom. The summed E-state index contributed by atoms with van der Waals surface area (Å²) in [6.45, 7) is 2.76. The highest BCUT2D eigenvalue weighted by atomic mass is 15.3. The number of nitrogens with one attached hydrogen (secondary N) is 1. The van der Waals surface area contributed by atoms with Crippen molar-refractivity contribution in [3.63, 3.8) is 0 Å². The summed E-state index contributed by atoms with van der Waals surface area (Å²) in [7, 11) is 0. The minimum Gasteiger partial charge on any atom is -0.329 e. The molecule has 0 aliphatic carbocycles. The van der Waals surface area contributed by atoms with Gasteiger partial charge in [0.2, 0.25) is 0 Å². The normalized spacial score (nSPS) is 10.4. The van der Waals surface area contributed by atoms with Crippen molar-refractivity contribution in [2.75, 3.05) is 5.43 Å². The van der Waals surface area contributed by atoms with Crippen LogP contribution in [-0.4, -0.2) is 19.5 Å². The van der Waals surface area contributed by atoms with E-state index in [0.29, 0.717) is 12.4 Å². The predicted octanol–water partition coefficient (Wildman–Crippen LogP) is 0.569. The van der Waals surface area contributed by atoms with E-state index in [9.17, 15) is 0 Å². The summed E-state index contributed by atoms with van der Waals surface area (Å²) in [5, 5.41) is 0. The first-order chi connectivity index (χ1) is 7.83. The highest BCUT2D eigenvalue weighted by Crippen LogP contribution is 2.04. The van der Waals surface area contributed by atoms with Gasteiger partial charge in [-0.25, -0.2) is 15.8 Å². The second kappa shape index (κ2) is 4.71. The molecule has 0 radical (unpaired) electrons. The highest BCUT2D eigenvalue weighted by Gasteiger charge is 2.02. The van der Waals surface area contributed by atoms with E-state index in [0.717, 1.165) is 17.9 Å². The molecule has 0 aliphatic heterocycles. The standard InChI is InChI=1S/C10H14N6/c1-2-10-12-3-4-16(10)7-8-5-14-9(15-11)6-13-8/h3-6H,2,7,11H2,1H3,(H,14,15). The van der Waals surface area contributed by atoms with Crippen molar-refractivity contribution in [1.29, 1.82) is 0 Å². The maximum Gasteiger partial charge on any atom is 0.158 e. The molecule has 6 heteroatoms. The van der Waals surface area contributed by atoms with E-state index in [1.807, 2.05) is 6.20 Å². The summed E-state index contributed by atoms with van der Waals surface area (Å²) in [6.07, 6.45) is 7.95. The molecule has 0 bridgehead atoms. The lowest BCUT2D eigenvalue weighted by Gasteiger charge is -2.06. The summed E-state index contributed by atoms with van der Waals surface area (Å²) in [4.78, 5) is 12.6. The van der Waals surface area contributed by atoms with Crippen molar-refractivity contribution in [1.82, 2.24) is 19.5 Å². The molecule has 2 rings (SSSR count). The molecule has 84 valence electrons. The Bertz CT molecular complexity index is 447. The molecule has 0 saturated carbocycles.